The first kappa shape index (κ1) is 15.0. The quantitative estimate of drug-likeness (QED) is 0.796. The van der Waals surface area contributed by atoms with Crippen LogP contribution in [-0.4, -0.2) is 25.3 Å². The Hall–Kier alpha value is -0.0800. The summed E-state index contributed by atoms with van der Waals surface area (Å²) in [4.78, 5) is 0. The molecule has 1 rings (SSSR count). The van der Waals surface area contributed by atoms with Crippen LogP contribution in [0.4, 0.5) is 0 Å². The van der Waals surface area contributed by atoms with Crippen molar-refractivity contribution in [3.63, 3.8) is 0 Å². The summed E-state index contributed by atoms with van der Waals surface area (Å²) < 4.78 is 5.49. The van der Waals surface area contributed by atoms with Crippen LogP contribution in [0.15, 0.2) is 0 Å². The van der Waals surface area contributed by atoms with E-state index in [1.807, 2.05) is 0 Å². The van der Waals surface area contributed by atoms with Crippen LogP contribution in [0.5, 0.6) is 0 Å². The molecule has 0 radical (unpaired) electrons. The lowest BCUT2D eigenvalue weighted by atomic mass is 9.74. The van der Waals surface area contributed by atoms with Crippen molar-refractivity contribution in [3.8, 4) is 0 Å². The van der Waals surface area contributed by atoms with Gasteiger partial charge in [-0.1, -0.05) is 27.2 Å². The van der Waals surface area contributed by atoms with Crippen LogP contribution in [-0.2, 0) is 4.74 Å². The zero-order valence-corrected chi connectivity index (χ0v) is 12.5. The number of hydrogen-bond acceptors (Lipinski definition) is 2. The van der Waals surface area contributed by atoms with Crippen LogP contribution in [0, 0.1) is 17.8 Å². The molecule has 1 aliphatic carbocycles. The third-order valence-corrected chi connectivity index (χ3v) is 4.36. The van der Waals surface area contributed by atoms with Crippen LogP contribution < -0.4 is 5.32 Å². The molecule has 0 amide bonds. The van der Waals surface area contributed by atoms with Crippen molar-refractivity contribution in [2.45, 2.75) is 65.5 Å². The Bertz CT molecular complexity index is 225. The molecule has 2 heteroatoms. The first-order valence-electron chi connectivity index (χ1n) is 7.14. The van der Waals surface area contributed by atoms with E-state index < -0.39 is 0 Å². The Morgan fingerprint density at radius 1 is 1.29 bits per heavy atom. The molecule has 0 aromatic carbocycles. The highest BCUT2D eigenvalue weighted by molar-refractivity contribution is 4.87. The van der Waals surface area contributed by atoms with Crippen molar-refractivity contribution in [1.29, 1.82) is 0 Å². The monoisotopic (exact) mass is 241 g/mol. The van der Waals surface area contributed by atoms with Gasteiger partial charge in [-0.15, -0.1) is 0 Å². The lowest BCUT2D eigenvalue weighted by Crippen LogP contribution is -2.48. The van der Waals surface area contributed by atoms with Gasteiger partial charge >= 0.3 is 0 Å². The van der Waals surface area contributed by atoms with E-state index in [4.69, 9.17) is 4.74 Å². The number of methoxy groups -OCH3 is 1. The standard InChI is InChI=1S/C15H31NO/c1-11(2)13-8-7-12(3)9-14(13)16-10-15(4,5)17-6/h11-14,16H,7-10H2,1-6H3. The molecule has 1 saturated carbocycles. The molecule has 3 atom stereocenters. The maximum absolute atomic E-state index is 5.49. The second kappa shape index (κ2) is 6.19. The highest BCUT2D eigenvalue weighted by atomic mass is 16.5. The number of rotatable bonds is 5. The van der Waals surface area contributed by atoms with Crippen molar-refractivity contribution in [2.24, 2.45) is 17.8 Å². The van der Waals surface area contributed by atoms with Crippen LogP contribution in [0.1, 0.15) is 53.9 Å². The minimum absolute atomic E-state index is 0.0534. The maximum atomic E-state index is 5.49. The second-order valence-corrected chi connectivity index (χ2v) is 6.78. The average Bonchev–Trinajstić information content (AvgIpc) is 2.26. The molecule has 17 heavy (non-hydrogen) atoms. The van der Waals surface area contributed by atoms with Gasteiger partial charge in [-0.2, -0.15) is 0 Å². The molecule has 3 unspecified atom stereocenters. The predicted molar refractivity (Wildman–Crippen MR) is 74.2 cm³/mol. The Kier molecular flexibility index (Phi) is 5.46. The van der Waals surface area contributed by atoms with Crippen molar-refractivity contribution in [3.05, 3.63) is 0 Å². The molecule has 0 spiro atoms. The van der Waals surface area contributed by atoms with Gasteiger partial charge in [-0.25, -0.2) is 0 Å². The summed E-state index contributed by atoms with van der Waals surface area (Å²) in [5, 5.41) is 3.75. The third kappa shape index (κ3) is 4.59. The van der Waals surface area contributed by atoms with E-state index >= 15 is 0 Å². The first-order chi connectivity index (χ1) is 7.85. The van der Waals surface area contributed by atoms with Gasteiger partial charge in [-0.05, 0) is 44.4 Å². The van der Waals surface area contributed by atoms with Crippen LogP contribution >= 0.6 is 0 Å². The molecule has 2 nitrogen and oxygen atoms in total. The van der Waals surface area contributed by atoms with Gasteiger partial charge in [0, 0.05) is 19.7 Å². The van der Waals surface area contributed by atoms with E-state index in [0.717, 1.165) is 24.3 Å². The fourth-order valence-corrected chi connectivity index (χ4v) is 2.89. The van der Waals surface area contributed by atoms with Gasteiger partial charge in [0.2, 0.25) is 0 Å². The van der Waals surface area contributed by atoms with Crippen molar-refractivity contribution < 1.29 is 4.74 Å². The Morgan fingerprint density at radius 2 is 1.94 bits per heavy atom. The summed E-state index contributed by atoms with van der Waals surface area (Å²) in [5.74, 6) is 2.48. The van der Waals surface area contributed by atoms with E-state index in [0.29, 0.717) is 6.04 Å². The van der Waals surface area contributed by atoms with E-state index in [1.165, 1.54) is 19.3 Å². The Balaban J connectivity index is 2.52. The van der Waals surface area contributed by atoms with Gasteiger partial charge < -0.3 is 10.1 Å². The van der Waals surface area contributed by atoms with E-state index in [-0.39, 0.29) is 5.60 Å². The predicted octanol–water partition coefficient (Wildman–Crippen LogP) is 3.46. The largest absolute Gasteiger partial charge is 0.377 e. The molecule has 102 valence electrons. The van der Waals surface area contributed by atoms with Gasteiger partial charge in [-0.3, -0.25) is 0 Å². The molecule has 0 aliphatic heterocycles. The van der Waals surface area contributed by atoms with Gasteiger partial charge in [0.05, 0.1) is 5.60 Å². The smallest absolute Gasteiger partial charge is 0.0746 e. The van der Waals surface area contributed by atoms with E-state index in [2.05, 4.69) is 39.9 Å². The SMILES string of the molecule is COC(C)(C)CNC1CC(C)CCC1C(C)C. The number of nitrogens with one attached hydrogen (secondary N) is 1. The van der Waals surface area contributed by atoms with Gasteiger partial charge in [0.25, 0.3) is 0 Å². The minimum Gasteiger partial charge on any atom is -0.377 e. The minimum atomic E-state index is -0.0534. The molecule has 0 saturated heterocycles. The number of ether oxygens (including phenoxy) is 1. The molecule has 0 bridgehead atoms. The van der Waals surface area contributed by atoms with Crippen molar-refractivity contribution in [1.82, 2.24) is 5.32 Å². The van der Waals surface area contributed by atoms with Gasteiger partial charge in [0.1, 0.15) is 0 Å². The highest BCUT2D eigenvalue weighted by Gasteiger charge is 2.31. The van der Waals surface area contributed by atoms with Crippen LogP contribution in [0.3, 0.4) is 0 Å². The molecular formula is C15H31NO. The normalized spacial score (nSPS) is 30.9. The molecule has 0 aromatic rings. The summed E-state index contributed by atoms with van der Waals surface area (Å²) >= 11 is 0. The molecule has 0 heterocycles. The maximum Gasteiger partial charge on any atom is 0.0746 e. The summed E-state index contributed by atoms with van der Waals surface area (Å²) in [6.07, 6.45) is 4.10. The third-order valence-electron chi connectivity index (χ3n) is 4.36. The van der Waals surface area contributed by atoms with Crippen molar-refractivity contribution in [2.75, 3.05) is 13.7 Å². The van der Waals surface area contributed by atoms with E-state index in [9.17, 15) is 0 Å². The Labute approximate surface area is 108 Å². The zero-order valence-electron chi connectivity index (χ0n) is 12.5. The Morgan fingerprint density at radius 3 is 2.47 bits per heavy atom. The molecule has 1 fully saturated rings. The zero-order chi connectivity index (χ0) is 13.1. The van der Waals surface area contributed by atoms with Crippen LogP contribution in [0.2, 0.25) is 0 Å². The fourth-order valence-electron chi connectivity index (χ4n) is 2.89. The summed E-state index contributed by atoms with van der Waals surface area (Å²) in [6.45, 7) is 12.3. The number of hydrogen-bond donors (Lipinski definition) is 1. The fraction of sp³-hybridized carbons (Fsp3) is 1.00. The molecule has 1 aliphatic rings. The summed E-state index contributed by atoms with van der Waals surface area (Å²) in [5.41, 5.74) is -0.0534. The average molecular weight is 241 g/mol. The summed E-state index contributed by atoms with van der Waals surface area (Å²) in [6, 6.07) is 0.674. The molecular weight excluding hydrogens is 210 g/mol. The first-order valence-corrected chi connectivity index (χ1v) is 7.14. The lowest BCUT2D eigenvalue weighted by molar-refractivity contribution is 0.0152. The lowest BCUT2D eigenvalue weighted by Gasteiger charge is -2.39. The van der Waals surface area contributed by atoms with Gasteiger partial charge in [0.15, 0.2) is 0 Å². The molecule has 1 N–H and O–H groups in total. The molecule has 0 aromatic heterocycles. The topological polar surface area (TPSA) is 21.3 Å². The van der Waals surface area contributed by atoms with Crippen LogP contribution in [0.25, 0.3) is 0 Å². The second-order valence-electron chi connectivity index (χ2n) is 6.78. The summed E-state index contributed by atoms with van der Waals surface area (Å²) in [7, 11) is 1.80. The van der Waals surface area contributed by atoms with E-state index in [1.54, 1.807) is 7.11 Å². The van der Waals surface area contributed by atoms with Crippen molar-refractivity contribution >= 4 is 0 Å². The highest BCUT2D eigenvalue weighted by Crippen LogP contribution is 2.33.